The Labute approximate surface area is 104 Å². The lowest BCUT2D eigenvalue weighted by atomic mass is 10.1. The summed E-state index contributed by atoms with van der Waals surface area (Å²) in [5.74, 6) is 0.927. The molecule has 3 heteroatoms. The molecule has 0 saturated heterocycles. The highest BCUT2D eigenvalue weighted by Crippen LogP contribution is 2.08. The van der Waals surface area contributed by atoms with Crippen molar-refractivity contribution in [1.82, 2.24) is 0 Å². The van der Waals surface area contributed by atoms with Crippen LogP contribution in [0.3, 0.4) is 0 Å². The number of hydrogen-bond donors (Lipinski definition) is 1. The Morgan fingerprint density at radius 1 is 1.06 bits per heavy atom. The van der Waals surface area contributed by atoms with Gasteiger partial charge in [-0.25, -0.2) is 0 Å². The molecule has 2 N–H and O–H groups in total. The first-order valence-electron chi connectivity index (χ1n) is 6.12. The van der Waals surface area contributed by atoms with Gasteiger partial charge in [-0.3, -0.25) is 0 Å². The Morgan fingerprint density at radius 2 is 1.71 bits per heavy atom. The average Bonchev–Trinajstić information content (AvgIpc) is 2.28. The first-order valence-corrected chi connectivity index (χ1v) is 6.12. The Morgan fingerprint density at radius 3 is 2.35 bits per heavy atom. The second-order valence-corrected chi connectivity index (χ2v) is 4.91. The number of unbranched alkanes of at least 4 members (excludes halogenated alkanes) is 1. The van der Waals surface area contributed by atoms with Gasteiger partial charge in [0.25, 0.3) is 0 Å². The van der Waals surface area contributed by atoms with Gasteiger partial charge in [-0.05, 0) is 38.8 Å². The second kappa shape index (κ2) is 7.30. The summed E-state index contributed by atoms with van der Waals surface area (Å²) in [4.78, 5) is 0. The van der Waals surface area contributed by atoms with Gasteiger partial charge in [-0.1, -0.05) is 18.2 Å². The highest BCUT2D eigenvalue weighted by Gasteiger charge is 2.09. The highest BCUT2D eigenvalue weighted by molar-refractivity contribution is 5.20. The fourth-order valence-electron chi connectivity index (χ4n) is 1.35. The fraction of sp³-hybridized carbons (Fsp3) is 0.571. The van der Waals surface area contributed by atoms with E-state index in [9.17, 15) is 0 Å². The van der Waals surface area contributed by atoms with Gasteiger partial charge in [-0.2, -0.15) is 0 Å². The van der Waals surface area contributed by atoms with E-state index in [0.717, 1.165) is 31.8 Å². The van der Waals surface area contributed by atoms with Crippen LogP contribution in [0, 0.1) is 0 Å². The Hall–Kier alpha value is -1.06. The lowest BCUT2D eigenvalue weighted by molar-refractivity contribution is 0.0919. The summed E-state index contributed by atoms with van der Waals surface area (Å²) in [6, 6.07) is 9.86. The number of ether oxygens (including phenoxy) is 2. The first-order chi connectivity index (χ1) is 8.08. The van der Waals surface area contributed by atoms with Gasteiger partial charge in [0.15, 0.2) is 0 Å². The largest absolute Gasteiger partial charge is 0.494 e. The van der Waals surface area contributed by atoms with Crippen molar-refractivity contribution in [2.45, 2.75) is 32.2 Å². The summed E-state index contributed by atoms with van der Waals surface area (Å²) in [6.07, 6.45) is 2.00. The molecule has 0 heterocycles. The van der Waals surface area contributed by atoms with Crippen LogP contribution in [0.1, 0.15) is 26.7 Å². The van der Waals surface area contributed by atoms with E-state index in [-0.39, 0.29) is 5.54 Å². The minimum Gasteiger partial charge on any atom is -0.494 e. The maximum Gasteiger partial charge on any atom is 0.119 e. The molecule has 0 aliphatic rings. The molecule has 0 spiro atoms. The molecule has 3 nitrogen and oxygen atoms in total. The molecule has 0 unspecified atom stereocenters. The number of para-hydroxylation sites is 1. The quantitative estimate of drug-likeness (QED) is 0.707. The monoisotopic (exact) mass is 237 g/mol. The van der Waals surface area contributed by atoms with Crippen molar-refractivity contribution in [2.75, 3.05) is 19.8 Å². The van der Waals surface area contributed by atoms with Gasteiger partial charge in [0, 0.05) is 12.1 Å². The molecule has 1 rings (SSSR count). The Balaban J connectivity index is 1.95. The smallest absolute Gasteiger partial charge is 0.119 e. The summed E-state index contributed by atoms with van der Waals surface area (Å²) in [6.45, 7) is 6.02. The topological polar surface area (TPSA) is 44.5 Å². The zero-order valence-corrected chi connectivity index (χ0v) is 10.8. The second-order valence-electron chi connectivity index (χ2n) is 4.91. The van der Waals surface area contributed by atoms with Gasteiger partial charge >= 0.3 is 0 Å². The minimum absolute atomic E-state index is 0.236. The van der Waals surface area contributed by atoms with Crippen molar-refractivity contribution in [1.29, 1.82) is 0 Å². The third-order valence-electron chi connectivity index (χ3n) is 2.17. The summed E-state index contributed by atoms with van der Waals surface area (Å²) < 4.78 is 11.0. The maximum absolute atomic E-state index is 5.80. The van der Waals surface area contributed by atoms with Gasteiger partial charge in [0.1, 0.15) is 5.75 Å². The third-order valence-corrected chi connectivity index (χ3v) is 2.17. The van der Waals surface area contributed by atoms with E-state index >= 15 is 0 Å². The highest BCUT2D eigenvalue weighted by atomic mass is 16.5. The number of nitrogens with two attached hydrogens (primary N) is 1. The van der Waals surface area contributed by atoms with Crippen molar-refractivity contribution in [3.05, 3.63) is 30.3 Å². The van der Waals surface area contributed by atoms with Crippen molar-refractivity contribution >= 4 is 0 Å². The van der Waals surface area contributed by atoms with E-state index in [1.807, 2.05) is 44.2 Å². The van der Waals surface area contributed by atoms with Crippen LogP contribution in [0.15, 0.2) is 30.3 Å². The molecule has 0 atom stereocenters. The molecule has 0 saturated carbocycles. The van der Waals surface area contributed by atoms with Gasteiger partial charge in [-0.15, -0.1) is 0 Å². The van der Waals surface area contributed by atoms with Crippen LogP contribution < -0.4 is 10.5 Å². The van der Waals surface area contributed by atoms with Crippen LogP contribution in [0.2, 0.25) is 0 Å². The fourth-order valence-corrected chi connectivity index (χ4v) is 1.35. The third kappa shape index (κ3) is 7.77. The SMILES string of the molecule is CC(C)(N)COCCCCOc1ccccc1. The summed E-state index contributed by atoms with van der Waals surface area (Å²) in [7, 11) is 0. The molecular weight excluding hydrogens is 214 g/mol. The van der Waals surface area contributed by atoms with E-state index in [0.29, 0.717) is 6.61 Å². The molecule has 0 radical (unpaired) electrons. The van der Waals surface area contributed by atoms with Gasteiger partial charge < -0.3 is 15.2 Å². The Bertz CT molecular complexity index is 293. The summed E-state index contributed by atoms with van der Waals surface area (Å²) >= 11 is 0. The lowest BCUT2D eigenvalue weighted by Gasteiger charge is -2.18. The van der Waals surface area contributed by atoms with Crippen molar-refractivity contribution in [3.8, 4) is 5.75 Å². The molecule has 1 aromatic rings. The van der Waals surface area contributed by atoms with Crippen molar-refractivity contribution in [2.24, 2.45) is 5.73 Å². The van der Waals surface area contributed by atoms with Crippen LogP contribution in [0.25, 0.3) is 0 Å². The van der Waals surface area contributed by atoms with Crippen LogP contribution in [-0.4, -0.2) is 25.4 Å². The first kappa shape index (κ1) is 14.0. The van der Waals surface area contributed by atoms with E-state index in [2.05, 4.69) is 0 Å². The molecule has 0 aromatic heterocycles. The predicted octanol–water partition coefficient (Wildman–Crippen LogP) is 2.60. The van der Waals surface area contributed by atoms with Crippen LogP contribution in [0.5, 0.6) is 5.75 Å². The minimum atomic E-state index is -0.236. The molecule has 0 aliphatic heterocycles. The molecule has 1 aromatic carbocycles. The number of rotatable bonds is 8. The summed E-state index contributed by atoms with van der Waals surface area (Å²) in [5, 5.41) is 0. The van der Waals surface area contributed by atoms with E-state index in [4.69, 9.17) is 15.2 Å². The zero-order chi connectivity index (χ0) is 12.6. The van der Waals surface area contributed by atoms with Crippen LogP contribution >= 0.6 is 0 Å². The zero-order valence-electron chi connectivity index (χ0n) is 10.8. The molecule has 17 heavy (non-hydrogen) atoms. The van der Waals surface area contributed by atoms with Crippen LogP contribution in [0.4, 0.5) is 0 Å². The van der Waals surface area contributed by atoms with Crippen LogP contribution in [-0.2, 0) is 4.74 Å². The standard InChI is InChI=1S/C14H23NO2/c1-14(2,15)12-16-10-6-7-11-17-13-8-4-3-5-9-13/h3-5,8-9H,6-7,10-12,15H2,1-2H3. The molecule has 0 aliphatic carbocycles. The van der Waals surface area contributed by atoms with Crippen molar-refractivity contribution < 1.29 is 9.47 Å². The van der Waals surface area contributed by atoms with Crippen molar-refractivity contribution in [3.63, 3.8) is 0 Å². The predicted molar refractivity (Wildman–Crippen MR) is 70.3 cm³/mol. The summed E-state index contributed by atoms with van der Waals surface area (Å²) in [5.41, 5.74) is 5.57. The van der Waals surface area contributed by atoms with E-state index in [1.54, 1.807) is 0 Å². The molecular formula is C14H23NO2. The van der Waals surface area contributed by atoms with Gasteiger partial charge in [0.05, 0.1) is 13.2 Å². The number of benzene rings is 1. The van der Waals surface area contributed by atoms with E-state index < -0.39 is 0 Å². The Kier molecular flexibility index (Phi) is 6.01. The normalized spacial score (nSPS) is 11.5. The number of hydrogen-bond acceptors (Lipinski definition) is 3. The average molecular weight is 237 g/mol. The van der Waals surface area contributed by atoms with E-state index in [1.165, 1.54) is 0 Å². The molecule has 0 bridgehead atoms. The molecule has 96 valence electrons. The molecule has 0 amide bonds. The lowest BCUT2D eigenvalue weighted by Crippen LogP contribution is -2.37. The maximum atomic E-state index is 5.80. The molecule has 0 fully saturated rings. The van der Waals surface area contributed by atoms with Gasteiger partial charge in [0.2, 0.25) is 0 Å².